The van der Waals surface area contributed by atoms with E-state index in [1.54, 1.807) is 6.92 Å². The molecule has 14 heavy (non-hydrogen) atoms. The maximum atomic E-state index is 12.4. The predicted octanol–water partition coefficient (Wildman–Crippen LogP) is 2.60. The lowest BCUT2D eigenvalue weighted by Crippen LogP contribution is -2.09. The third-order valence-electron chi connectivity index (χ3n) is 1.92. The Morgan fingerprint density at radius 3 is 2.29 bits per heavy atom. The minimum atomic E-state index is -4.44. The van der Waals surface area contributed by atoms with Crippen molar-refractivity contribution in [2.24, 2.45) is 0 Å². The van der Waals surface area contributed by atoms with Crippen molar-refractivity contribution in [2.75, 3.05) is 12.8 Å². The summed E-state index contributed by atoms with van der Waals surface area (Å²) in [6.45, 7) is 1.62. The van der Waals surface area contributed by atoms with Crippen molar-refractivity contribution >= 4 is 5.69 Å². The molecule has 78 valence electrons. The smallest absolute Gasteiger partial charge is 0.420 e. The van der Waals surface area contributed by atoms with Crippen molar-refractivity contribution in [2.45, 2.75) is 13.1 Å². The number of hydrogen-bond donors (Lipinski definition) is 1. The van der Waals surface area contributed by atoms with Crippen LogP contribution >= 0.6 is 0 Å². The number of nitrogens with two attached hydrogens (primary N) is 1. The van der Waals surface area contributed by atoms with Crippen molar-refractivity contribution in [3.05, 3.63) is 23.3 Å². The molecule has 2 nitrogen and oxygen atoms in total. The number of aryl methyl sites for hydroxylation is 1. The fourth-order valence-corrected chi connectivity index (χ4v) is 1.14. The van der Waals surface area contributed by atoms with Crippen LogP contribution in [0.1, 0.15) is 11.1 Å². The Balaban J connectivity index is 3.39. The van der Waals surface area contributed by atoms with Gasteiger partial charge in [-0.15, -0.1) is 0 Å². The van der Waals surface area contributed by atoms with Gasteiger partial charge in [-0.1, -0.05) is 6.07 Å². The zero-order chi connectivity index (χ0) is 10.9. The molecule has 0 fully saturated rings. The van der Waals surface area contributed by atoms with E-state index >= 15 is 0 Å². The van der Waals surface area contributed by atoms with Crippen LogP contribution in [0, 0.1) is 6.92 Å². The summed E-state index contributed by atoms with van der Waals surface area (Å²) in [5.41, 5.74) is 5.22. The number of rotatable bonds is 1. The van der Waals surface area contributed by atoms with Gasteiger partial charge >= 0.3 is 6.18 Å². The first-order chi connectivity index (χ1) is 6.38. The first-order valence-electron chi connectivity index (χ1n) is 3.88. The van der Waals surface area contributed by atoms with Crippen LogP contribution in [0.5, 0.6) is 5.75 Å². The molecule has 0 unspecified atom stereocenters. The van der Waals surface area contributed by atoms with Crippen LogP contribution in [0.25, 0.3) is 0 Å². The predicted molar refractivity (Wildman–Crippen MR) is 47.1 cm³/mol. The lowest BCUT2D eigenvalue weighted by atomic mass is 10.1. The number of alkyl halides is 3. The molecule has 1 rings (SSSR count). The molecule has 0 saturated carbocycles. The Morgan fingerprint density at radius 1 is 1.29 bits per heavy atom. The topological polar surface area (TPSA) is 35.2 Å². The van der Waals surface area contributed by atoms with Crippen LogP contribution in [-0.4, -0.2) is 7.11 Å². The Labute approximate surface area is 79.5 Å². The van der Waals surface area contributed by atoms with Crippen LogP contribution in [0.4, 0.5) is 18.9 Å². The highest BCUT2D eigenvalue weighted by molar-refractivity contribution is 5.62. The third-order valence-corrected chi connectivity index (χ3v) is 1.92. The Hall–Kier alpha value is -1.39. The maximum absolute atomic E-state index is 12.4. The molecule has 0 bridgehead atoms. The number of halogens is 3. The normalized spacial score (nSPS) is 11.5. The molecule has 0 aliphatic carbocycles. The lowest BCUT2D eigenvalue weighted by molar-refractivity contribution is -0.138. The molecular weight excluding hydrogens is 195 g/mol. The first kappa shape index (κ1) is 10.7. The van der Waals surface area contributed by atoms with Crippen molar-refractivity contribution in [3.63, 3.8) is 0 Å². The summed E-state index contributed by atoms with van der Waals surface area (Å²) in [6.07, 6.45) is -4.44. The van der Waals surface area contributed by atoms with E-state index in [-0.39, 0.29) is 11.4 Å². The fourth-order valence-electron chi connectivity index (χ4n) is 1.14. The maximum Gasteiger partial charge on any atom is 0.420 e. The largest absolute Gasteiger partial charge is 0.494 e. The van der Waals surface area contributed by atoms with Crippen molar-refractivity contribution < 1.29 is 17.9 Å². The molecule has 0 aliphatic heterocycles. The number of hydrogen-bond acceptors (Lipinski definition) is 2. The molecule has 0 radical (unpaired) electrons. The minimum absolute atomic E-state index is 0.0299. The van der Waals surface area contributed by atoms with E-state index in [0.29, 0.717) is 5.56 Å². The van der Waals surface area contributed by atoms with Crippen LogP contribution in [0.15, 0.2) is 12.1 Å². The van der Waals surface area contributed by atoms with E-state index < -0.39 is 11.7 Å². The van der Waals surface area contributed by atoms with Crippen LogP contribution in [0.3, 0.4) is 0 Å². The monoisotopic (exact) mass is 205 g/mol. The van der Waals surface area contributed by atoms with Gasteiger partial charge in [-0.05, 0) is 18.6 Å². The molecule has 1 aromatic carbocycles. The van der Waals surface area contributed by atoms with Gasteiger partial charge in [0.2, 0.25) is 0 Å². The molecular formula is C9H10F3NO. The van der Waals surface area contributed by atoms with E-state index in [2.05, 4.69) is 4.74 Å². The van der Waals surface area contributed by atoms with Crippen LogP contribution in [0.2, 0.25) is 0 Å². The standard InChI is InChI=1S/C9H10F3NO/c1-5-3-4-6(9(10,11)12)8(14-2)7(5)13/h3-4H,13H2,1-2H3. The van der Waals surface area contributed by atoms with Crippen molar-refractivity contribution in [3.8, 4) is 5.75 Å². The Bertz CT molecular complexity index is 347. The molecule has 2 N–H and O–H groups in total. The zero-order valence-corrected chi connectivity index (χ0v) is 7.77. The minimum Gasteiger partial charge on any atom is -0.494 e. The zero-order valence-electron chi connectivity index (χ0n) is 7.77. The third kappa shape index (κ3) is 1.76. The van der Waals surface area contributed by atoms with E-state index in [0.717, 1.165) is 6.07 Å². The molecule has 0 heterocycles. The SMILES string of the molecule is COc1c(C(F)(F)F)ccc(C)c1N. The molecule has 0 atom stereocenters. The highest BCUT2D eigenvalue weighted by Crippen LogP contribution is 2.40. The first-order valence-corrected chi connectivity index (χ1v) is 3.88. The summed E-state index contributed by atoms with van der Waals surface area (Å²) >= 11 is 0. The molecule has 0 spiro atoms. The Morgan fingerprint density at radius 2 is 1.86 bits per heavy atom. The van der Waals surface area contributed by atoms with E-state index in [4.69, 9.17) is 5.73 Å². The molecule has 0 aromatic heterocycles. The van der Waals surface area contributed by atoms with Crippen LogP contribution < -0.4 is 10.5 Å². The van der Waals surface area contributed by atoms with Gasteiger partial charge in [-0.3, -0.25) is 0 Å². The van der Waals surface area contributed by atoms with E-state index in [9.17, 15) is 13.2 Å². The van der Waals surface area contributed by atoms with Gasteiger partial charge in [0.05, 0.1) is 18.4 Å². The number of anilines is 1. The summed E-state index contributed by atoms with van der Waals surface area (Å²) in [6, 6.07) is 2.28. The molecule has 1 aromatic rings. The number of methoxy groups -OCH3 is 1. The summed E-state index contributed by atoms with van der Waals surface area (Å²) in [7, 11) is 1.17. The summed E-state index contributed by atoms with van der Waals surface area (Å²) in [4.78, 5) is 0. The quantitative estimate of drug-likeness (QED) is 0.715. The number of ether oxygens (including phenoxy) is 1. The second-order valence-corrected chi connectivity index (χ2v) is 2.87. The second kappa shape index (κ2) is 3.40. The number of benzene rings is 1. The van der Waals surface area contributed by atoms with Crippen molar-refractivity contribution in [1.29, 1.82) is 0 Å². The van der Waals surface area contributed by atoms with Gasteiger partial charge in [0.25, 0.3) is 0 Å². The van der Waals surface area contributed by atoms with Gasteiger partial charge < -0.3 is 10.5 Å². The van der Waals surface area contributed by atoms with Gasteiger partial charge in [0, 0.05) is 0 Å². The molecule has 5 heteroatoms. The van der Waals surface area contributed by atoms with Gasteiger partial charge in [-0.2, -0.15) is 13.2 Å². The van der Waals surface area contributed by atoms with E-state index in [1.807, 2.05) is 0 Å². The summed E-state index contributed by atoms with van der Waals surface area (Å²) in [5.74, 6) is -0.308. The molecule has 0 amide bonds. The molecule has 0 aliphatic rings. The molecule has 0 saturated heterocycles. The summed E-state index contributed by atoms with van der Waals surface area (Å²) in [5, 5.41) is 0. The lowest BCUT2D eigenvalue weighted by Gasteiger charge is -2.14. The highest BCUT2D eigenvalue weighted by Gasteiger charge is 2.35. The average molecular weight is 205 g/mol. The number of nitrogen functional groups attached to an aromatic ring is 1. The van der Waals surface area contributed by atoms with Gasteiger partial charge in [-0.25, -0.2) is 0 Å². The Kier molecular flexibility index (Phi) is 2.59. The van der Waals surface area contributed by atoms with Crippen LogP contribution in [-0.2, 0) is 6.18 Å². The van der Waals surface area contributed by atoms with Gasteiger partial charge in [0.1, 0.15) is 0 Å². The van der Waals surface area contributed by atoms with Crippen molar-refractivity contribution in [1.82, 2.24) is 0 Å². The fraction of sp³-hybridized carbons (Fsp3) is 0.333. The summed E-state index contributed by atoms with van der Waals surface area (Å²) < 4.78 is 41.9. The van der Waals surface area contributed by atoms with Gasteiger partial charge in [0.15, 0.2) is 5.75 Å². The van der Waals surface area contributed by atoms with E-state index in [1.165, 1.54) is 13.2 Å². The average Bonchev–Trinajstić information content (AvgIpc) is 2.07. The second-order valence-electron chi connectivity index (χ2n) is 2.87. The highest BCUT2D eigenvalue weighted by atomic mass is 19.4.